The summed E-state index contributed by atoms with van der Waals surface area (Å²) in [7, 11) is -2.92. The average Bonchev–Trinajstić information content (AvgIpc) is 2.27. The van der Waals surface area contributed by atoms with E-state index in [-0.39, 0.29) is 17.5 Å². The third kappa shape index (κ3) is 4.67. The van der Waals surface area contributed by atoms with Gasteiger partial charge in [0.15, 0.2) is 9.84 Å². The van der Waals surface area contributed by atoms with Gasteiger partial charge in [-0.05, 0) is 13.0 Å². The largest absolute Gasteiger partial charge is 0.308 e. The zero-order valence-electron chi connectivity index (χ0n) is 9.55. The second-order valence-corrected chi connectivity index (χ2v) is 6.08. The van der Waals surface area contributed by atoms with Gasteiger partial charge in [0.05, 0.1) is 11.4 Å². The highest BCUT2D eigenvalue weighted by Gasteiger charge is 2.12. The van der Waals surface area contributed by atoms with E-state index in [2.05, 4.69) is 15.3 Å². The van der Waals surface area contributed by atoms with Gasteiger partial charge >= 0.3 is 0 Å². The van der Waals surface area contributed by atoms with Crippen LogP contribution >= 0.6 is 0 Å². The van der Waals surface area contributed by atoms with E-state index in [9.17, 15) is 8.42 Å². The molecule has 0 aliphatic carbocycles. The van der Waals surface area contributed by atoms with Crippen molar-refractivity contribution in [1.82, 2.24) is 15.3 Å². The fraction of sp³-hybridized carbons (Fsp3) is 0.600. The van der Waals surface area contributed by atoms with Crippen molar-refractivity contribution >= 4 is 9.84 Å². The summed E-state index contributed by atoms with van der Waals surface area (Å²) in [6, 6.07) is 1.73. The molecule has 0 amide bonds. The minimum absolute atomic E-state index is 0.0695. The number of aromatic nitrogens is 2. The Hall–Kier alpha value is -1.01. The molecule has 16 heavy (non-hydrogen) atoms. The van der Waals surface area contributed by atoms with Gasteiger partial charge in [-0.15, -0.1) is 0 Å². The molecule has 0 saturated heterocycles. The number of hydrogen-bond acceptors (Lipinski definition) is 5. The molecule has 90 valence electrons. The van der Waals surface area contributed by atoms with Crippen LogP contribution in [-0.2, 0) is 16.4 Å². The van der Waals surface area contributed by atoms with Gasteiger partial charge in [-0.3, -0.25) is 0 Å². The van der Waals surface area contributed by atoms with Crippen LogP contribution in [0.25, 0.3) is 0 Å². The molecule has 0 radical (unpaired) electrons. The van der Waals surface area contributed by atoms with Gasteiger partial charge in [-0.2, -0.15) is 0 Å². The van der Waals surface area contributed by atoms with E-state index in [1.807, 2.05) is 6.92 Å². The molecule has 1 rings (SSSR count). The van der Waals surface area contributed by atoms with Crippen molar-refractivity contribution < 1.29 is 8.42 Å². The number of hydrogen-bond donors (Lipinski definition) is 1. The molecule has 5 nitrogen and oxygen atoms in total. The number of rotatable bonds is 6. The molecular weight excluding hydrogens is 226 g/mol. The van der Waals surface area contributed by atoms with Crippen molar-refractivity contribution in [2.24, 2.45) is 0 Å². The summed E-state index contributed by atoms with van der Waals surface area (Å²) in [5.74, 6) is 0.348. The van der Waals surface area contributed by atoms with Gasteiger partial charge < -0.3 is 5.32 Å². The zero-order valence-corrected chi connectivity index (χ0v) is 10.4. The average molecular weight is 243 g/mol. The Morgan fingerprint density at radius 1 is 1.50 bits per heavy atom. The lowest BCUT2D eigenvalue weighted by Gasteiger charge is -2.12. The number of nitrogens with one attached hydrogen (secondary N) is 1. The van der Waals surface area contributed by atoms with Crippen molar-refractivity contribution in [3.63, 3.8) is 0 Å². The maximum Gasteiger partial charge on any atom is 0.151 e. The highest BCUT2D eigenvalue weighted by molar-refractivity contribution is 7.91. The molecule has 6 heteroatoms. The van der Waals surface area contributed by atoms with Gasteiger partial charge in [0.2, 0.25) is 0 Å². The molecule has 0 saturated carbocycles. The molecule has 0 spiro atoms. The molecule has 1 atom stereocenters. The van der Waals surface area contributed by atoms with Crippen LogP contribution in [0.4, 0.5) is 0 Å². The minimum Gasteiger partial charge on any atom is -0.308 e. The van der Waals surface area contributed by atoms with E-state index in [0.717, 1.165) is 5.69 Å². The Morgan fingerprint density at radius 3 is 2.81 bits per heavy atom. The monoisotopic (exact) mass is 243 g/mol. The molecule has 0 aromatic carbocycles. The van der Waals surface area contributed by atoms with Crippen molar-refractivity contribution in [1.29, 1.82) is 0 Å². The van der Waals surface area contributed by atoms with Crippen molar-refractivity contribution in [2.45, 2.75) is 26.4 Å². The Labute approximate surface area is 96.2 Å². The van der Waals surface area contributed by atoms with E-state index in [1.54, 1.807) is 19.2 Å². The van der Waals surface area contributed by atoms with Crippen molar-refractivity contribution in [2.75, 3.05) is 11.5 Å². The van der Waals surface area contributed by atoms with E-state index < -0.39 is 9.84 Å². The third-order valence-corrected chi connectivity index (χ3v) is 4.11. The smallest absolute Gasteiger partial charge is 0.151 e. The van der Waals surface area contributed by atoms with Gasteiger partial charge in [-0.1, -0.05) is 6.92 Å². The molecule has 0 bridgehead atoms. The second-order valence-electron chi connectivity index (χ2n) is 3.68. The van der Waals surface area contributed by atoms with Gasteiger partial charge in [0, 0.05) is 24.5 Å². The van der Waals surface area contributed by atoms with Crippen LogP contribution in [0, 0.1) is 0 Å². The predicted molar refractivity (Wildman–Crippen MR) is 62.7 cm³/mol. The lowest BCUT2D eigenvalue weighted by molar-refractivity contribution is 0.553. The first-order chi connectivity index (χ1) is 7.53. The van der Waals surface area contributed by atoms with E-state index in [1.165, 1.54) is 6.33 Å². The lowest BCUT2D eigenvalue weighted by atomic mass is 10.3. The first-order valence-corrected chi connectivity index (χ1v) is 7.04. The van der Waals surface area contributed by atoms with Crippen LogP contribution in [-0.4, -0.2) is 35.9 Å². The molecule has 1 aromatic rings. The minimum atomic E-state index is -2.92. The fourth-order valence-electron chi connectivity index (χ4n) is 1.26. The van der Waals surface area contributed by atoms with Crippen LogP contribution in [0.3, 0.4) is 0 Å². The summed E-state index contributed by atoms with van der Waals surface area (Å²) in [5.41, 5.74) is 0.857. The maximum atomic E-state index is 11.4. The molecule has 0 aliphatic heterocycles. The normalized spacial score (nSPS) is 13.6. The van der Waals surface area contributed by atoms with Crippen LogP contribution in [0.1, 0.15) is 19.5 Å². The summed E-state index contributed by atoms with van der Waals surface area (Å²) in [6.07, 6.45) is 3.14. The van der Waals surface area contributed by atoms with E-state index in [4.69, 9.17) is 0 Å². The topological polar surface area (TPSA) is 72.0 Å². The zero-order chi connectivity index (χ0) is 12.0. The number of nitrogens with zero attached hydrogens (tertiary/aromatic N) is 2. The Morgan fingerprint density at radius 2 is 2.25 bits per heavy atom. The first kappa shape index (κ1) is 13.1. The third-order valence-electron chi connectivity index (χ3n) is 2.22. The number of sulfone groups is 1. The molecule has 1 unspecified atom stereocenters. The maximum absolute atomic E-state index is 11.4. The molecular formula is C10H17N3O2S. The predicted octanol–water partition coefficient (Wildman–Crippen LogP) is 0.389. The molecule has 0 aliphatic rings. The summed E-state index contributed by atoms with van der Waals surface area (Å²) < 4.78 is 22.7. The van der Waals surface area contributed by atoms with E-state index in [0.29, 0.717) is 6.54 Å². The van der Waals surface area contributed by atoms with Gasteiger partial charge in [0.1, 0.15) is 6.33 Å². The highest BCUT2D eigenvalue weighted by Crippen LogP contribution is 1.96. The summed E-state index contributed by atoms with van der Waals surface area (Å²) >= 11 is 0. The molecule has 1 heterocycles. The lowest BCUT2D eigenvalue weighted by Crippen LogP contribution is -2.33. The van der Waals surface area contributed by atoms with Crippen LogP contribution in [0.5, 0.6) is 0 Å². The summed E-state index contributed by atoms with van der Waals surface area (Å²) in [5, 5.41) is 3.12. The van der Waals surface area contributed by atoms with Gasteiger partial charge in [-0.25, -0.2) is 18.4 Å². The van der Waals surface area contributed by atoms with Crippen LogP contribution in [0.2, 0.25) is 0 Å². The van der Waals surface area contributed by atoms with E-state index >= 15 is 0 Å². The van der Waals surface area contributed by atoms with Crippen LogP contribution in [0.15, 0.2) is 18.6 Å². The highest BCUT2D eigenvalue weighted by atomic mass is 32.2. The van der Waals surface area contributed by atoms with Crippen LogP contribution < -0.4 is 5.32 Å². The second kappa shape index (κ2) is 5.91. The van der Waals surface area contributed by atoms with Crippen molar-refractivity contribution in [3.05, 3.63) is 24.3 Å². The van der Waals surface area contributed by atoms with Crippen molar-refractivity contribution in [3.8, 4) is 0 Å². The Bertz CT molecular complexity index is 405. The fourth-order valence-corrected chi connectivity index (χ4v) is 2.37. The Balaban J connectivity index is 2.39. The summed E-state index contributed by atoms with van der Waals surface area (Å²) in [6.45, 7) is 4.07. The first-order valence-electron chi connectivity index (χ1n) is 5.22. The van der Waals surface area contributed by atoms with Gasteiger partial charge in [0.25, 0.3) is 0 Å². The SMILES string of the molecule is CCS(=O)(=O)CC(C)NCc1ccncn1. The Kier molecular flexibility index (Phi) is 4.82. The summed E-state index contributed by atoms with van der Waals surface area (Å²) in [4.78, 5) is 7.85. The molecule has 0 fully saturated rings. The molecule has 1 aromatic heterocycles. The molecule has 1 N–H and O–H groups in total. The quantitative estimate of drug-likeness (QED) is 0.782. The standard InChI is InChI=1S/C10H17N3O2S/c1-3-16(14,15)7-9(2)12-6-10-4-5-11-8-13-10/h4-5,8-9,12H,3,6-7H2,1-2H3.